The molecule has 0 radical (unpaired) electrons. The summed E-state index contributed by atoms with van der Waals surface area (Å²) >= 11 is 6.10. The average Bonchev–Trinajstić information content (AvgIpc) is 2.53. The van der Waals surface area contributed by atoms with Gasteiger partial charge in [0.15, 0.2) is 0 Å². The zero-order valence-electron chi connectivity index (χ0n) is 11.7. The van der Waals surface area contributed by atoms with Crippen LogP contribution in [0.1, 0.15) is 5.56 Å². The van der Waals surface area contributed by atoms with Crippen molar-refractivity contribution in [2.75, 3.05) is 12.4 Å². The summed E-state index contributed by atoms with van der Waals surface area (Å²) < 4.78 is 1.45. The van der Waals surface area contributed by atoms with Crippen LogP contribution < -0.4 is 11.0 Å². The summed E-state index contributed by atoms with van der Waals surface area (Å²) in [6, 6.07) is 14.4. The number of benzene rings is 2. The SMILES string of the molecule is CNc1nc(=O)n(-c2ccccc2)c2cc(Cl)cc(C#N)c12. The summed E-state index contributed by atoms with van der Waals surface area (Å²) in [6.07, 6.45) is 0. The van der Waals surface area contributed by atoms with Gasteiger partial charge in [-0.3, -0.25) is 4.57 Å². The molecule has 0 atom stereocenters. The number of nitrogens with one attached hydrogen (secondary N) is 1. The van der Waals surface area contributed by atoms with E-state index in [2.05, 4.69) is 16.4 Å². The minimum Gasteiger partial charge on any atom is -0.372 e. The van der Waals surface area contributed by atoms with Gasteiger partial charge < -0.3 is 5.32 Å². The van der Waals surface area contributed by atoms with Crippen molar-refractivity contribution in [3.8, 4) is 11.8 Å². The number of anilines is 1. The van der Waals surface area contributed by atoms with E-state index in [9.17, 15) is 10.1 Å². The fourth-order valence-electron chi connectivity index (χ4n) is 2.42. The first-order valence-electron chi connectivity index (χ1n) is 6.55. The Labute approximate surface area is 131 Å². The molecule has 0 saturated carbocycles. The molecule has 0 amide bonds. The van der Waals surface area contributed by atoms with Gasteiger partial charge in [0.25, 0.3) is 0 Å². The van der Waals surface area contributed by atoms with E-state index in [1.807, 2.05) is 18.2 Å². The van der Waals surface area contributed by atoms with Crippen LogP contribution in [0.4, 0.5) is 5.82 Å². The van der Waals surface area contributed by atoms with Gasteiger partial charge in [0.1, 0.15) is 11.9 Å². The molecule has 0 aliphatic rings. The van der Waals surface area contributed by atoms with E-state index in [0.717, 1.165) is 0 Å². The first-order chi connectivity index (χ1) is 10.7. The van der Waals surface area contributed by atoms with Crippen LogP contribution in [0.5, 0.6) is 0 Å². The van der Waals surface area contributed by atoms with Crippen molar-refractivity contribution in [3.63, 3.8) is 0 Å². The molecule has 0 aliphatic carbocycles. The van der Waals surface area contributed by atoms with Gasteiger partial charge in [-0.1, -0.05) is 29.8 Å². The number of rotatable bonds is 2. The van der Waals surface area contributed by atoms with E-state index in [1.54, 1.807) is 31.3 Å². The topological polar surface area (TPSA) is 70.7 Å². The summed E-state index contributed by atoms with van der Waals surface area (Å²) in [5, 5.41) is 13.2. The zero-order chi connectivity index (χ0) is 15.7. The molecule has 0 saturated heterocycles. The highest BCUT2D eigenvalue weighted by Gasteiger charge is 2.15. The smallest absolute Gasteiger partial charge is 0.354 e. The molecule has 1 heterocycles. The largest absolute Gasteiger partial charge is 0.372 e. The van der Waals surface area contributed by atoms with Gasteiger partial charge in [0, 0.05) is 12.1 Å². The number of nitriles is 1. The summed E-state index contributed by atoms with van der Waals surface area (Å²) in [5.74, 6) is 0.361. The van der Waals surface area contributed by atoms with Gasteiger partial charge in [-0.25, -0.2) is 4.79 Å². The molecule has 6 heteroatoms. The lowest BCUT2D eigenvalue weighted by Gasteiger charge is -2.13. The Hall–Kier alpha value is -2.84. The highest BCUT2D eigenvalue weighted by atomic mass is 35.5. The lowest BCUT2D eigenvalue weighted by Crippen LogP contribution is -2.23. The summed E-state index contributed by atoms with van der Waals surface area (Å²) in [6.45, 7) is 0. The Morgan fingerprint density at radius 1 is 1.27 bits per heavy atom. The number of aromatic nitrogens is 2. The van der Waals surface area contributed by atoms with Crippen molar-refractivity contribution in [1.29, 1.82) is 5.26 Å². The highest BCUT2D eigenvalue weighted by Crippen LogP contribution is 2.28. The Morgan fingerprint density at radius 3 is 2.64 bits per heavy atom. The molecule has 2 aromatic carbocycles. The molecule has 108 valence electrons. The lowest BCUT2D eigenvalue weighted by atomic mass is 10.1. The highest BCUT2D eigenvalue weighted by molar-refractivity contribution is 6.31. The van der Waals surface area contributed by atoms with E-state index in [-0.39, 0.29) is 0 Å². The monoisotopic (exact) mass is 310 g/mol. The van der Waals surface area contributed by atoms with Crippen molar-refractivity contribution in [2.45, 2.75) is 0 Å². The molecule has 0 fully saturated rings. The Bertz CT molecular complexity index is 958. The van der Waals surface area contributed by atoms with Crippen molar-refractivity contribution in [1.82, 2.24) is 9.55 Å². The molecule has 3 aromatic rings. The van der Waals surface area contributed by atoms with Crippen molar-refractivity contribution < 1.29 is 0 Å². The molecular formula is C16H11ClN4O. The van der Waals surface area contributed by atoms with Crippen LogP contribution >= 0.6 is 11.6 Å². The van der Waals surface area contributed by atoms with Crippen LogP contribution in [-0.4, -0.2) is 16.6 Å². The summed E-state index contributed by atoms with van der Waals surface area (Å²) in [5.41, 5.74) is 1.14. The number of fused-ring (bicyclic) bond motifs is 1. The fourth-order valence-corrected chi connectivity index (χ4v) is 2.63. The van der Waals surface area contributed by atoms with Crippen LogP contribution in [0.25, 0.3) is 16.6 Å². The van der Waals surface area contributed by atoms with Gasteiger partial charge in [-0.05, 0) is 24.3 Å². The van der Waals surface area contributed by atoms with Crippen LogP contribution in [0.2, 0.25) is 5.02 Å². The molecule has 0 spiro atoms. The molecule has 0 aliphatic heterocycles. The molecule has 1 aromatic heterocycles. The summed E-state index contributed by atoms with van der Waals surface area (Å²) in [4.78, 5) is 16.4. The number of hydrogen-bond acceptors (Lipinski definition) is 4. The second-order valence-corrected chi connectivity index (χ2v) is 5.06. The number of hydrogen-bond donors (Lipinski definition) is 1. The third kappa shape index (κ3) is 2.20. The number of para-hydroxylation sites is 1. The maximum atomic E-state index is 12.4. The standard InChI is InChI=1S/C16H11ClN4O/c1-19-15-14-10(9-18)7-11(17)8-13(14)21(16(22)20-15)12-5-3-2-4-6-12/h2-8H,1H3,(H,19,20,22). The van der Waals surface area contributed by atoms with E-state index in [1.165, 1.54) is 4.57 Å². The van der Waals surface area contributed by atoms with E-state index in [4.69, 9.17) is 11.6 Å². The fraction of sp³-hybridized carbons (Fsp3) is 0.0625. The molecular weight excluding hydrogens is 300 g/mol. The first-order valence-corrected chi connectivity index (χ1v) is 6.93. The molecule has 5 nitrogen and oxygen atoms in total. The number of nitrogens with zero attached hydrogens (tertiary/aromatic N) is 3. The third-order valence-electron chi connectivity index (χ3n) is 3.33. The predicted molar refractivity (Wildman–Crippen MR) is 86.6 cm³/mol. The molecule has 3 rings (SSSR count). The van der Waals surface area contributed by atoms with Crippen molar-refractivity contribution in [3.05, 3.63) is 63.5 Å². The van der Waals surface area contributed by atoms with E-state index >= 15 is 0 Å². The van der Waals surface area contributed by atoms with Crippen molar-refractivity contribution in [2.24, 2.45) is 0 Å². The Morgan fingerprint density at radius 2 is 2.00 bits per heavy atom. The van der Waals surface area contributed by atoms with Gasteiger partial charge >= 0.3 is 5.69 Å². The Balaban J connectivity index is 2.54. The molecule has 0 unspecified atom stereocenters. The van der Waals surface area contributed by atoms with E-state index in [0.29, 0.717) is 33.0 Å². The van der Waals surface area contributed by atoms with Gasteiger partial charge in [0.05, 0.1) is 22.2 Å². The van der Waals surface area contributed by atoms with Crippen LogP contribution in [0, 0.1) is 11.3 Å². The maximum absolute atomic E-state index is 12.4. The van der Waals surface area contributed by atoms with E-state index < -0.39 is 5.69 Å². The molecule has 1 N–H and O–H groups in total. The molecule has 22 heavy (non-hydrogen) atoms. The minimum absolute atomic E-state index is 0.361. The minimum atomic E-state index is -0.436. The second kappa shape index (κ2) is 5.51. The van der Waals surface area contributed by atoms with Gasteiger partial charge in [0.2, 0.25) is 0 Å². The number of halogens is 1. The average molecular weight is 311 g/mol. The maximum Gasteiger partial charge on any atom is 0.354 e. The van der Waals surface area contributed by atoms with Crippen molar-refractivity contribution >= 4 is 28.3 Å². The van der Waals surface area contributed by atoms with Crippen LogP contribution in [0.3, 0.4) is 0 Å². The first kappa shape index (κ1) is 14.1. The van der Waals surface area contributed by atoms with Crippen LogP contribution in [0.15, 0.2) is 47.3 Å². The van der Waals surface area contributed by atoms with Crippen LogP contribution in [-0.2, 0) is 0 Å². The molecule has 0 bridgehead atoms. The third-order valence-corrected chi connectivity index (χ3v) is 3.55. The van der Waals surface area contributed by atoms with Gasteiger partial charge in [-0.15, -0.1) is 0 Å². The van der Waals surface area contributed by atoms with Gasteiger partial charge in [-0.2, -0.15) is 10.2 Å². The second-order valence-electron chi connectivity index (χ2n) is 4.62. The predicted octanol–water partition coefficient (Wildman–Crippen LogP) is 2.95. The Kier molecular flexibility index (Phi) is 3.53. The summed E-state index contributed by atoms with van der Waals surface area (Å²) in [7, 11) is 1.66. The normalized spacial score (nSPS) is 10.4. The lowest BCUT2D eigenvalue weighted by molar-refractivity contribution is 0.961. The quantitative estimate of drug-likeness (QED) is 0.790. The zero-order valence-corrected chi connectivity index (χ0v) is 12.4.